The normalized spacial score (nSPS) is 10.6. The van der Waals surface area contributed by atoms with Crippen LogP contribution < -0.4 is 10.6 Å². The first-order valence-electron chi connectivity index (χ1n) is 7.12. The van der Waals surface area contributed by atoms with Crippen LogP contribution in [0.15, 0.2) is 22.6 Å². The van der Waals surface area contributed by atoms with Gasteiger partial charge in [-0.3, -0.25) is 0 Å². The Morgan fingerprint density at radius 2 is 1.85 bits per heavy atom. The predicted molar refractivity (Wildman–Crippen MR) is 81.0 cm³/mol. The lowest BCUT2D eigenvalue weighted by molar-refractivity contribution is 0.490. The molecule has 0 bridgehead atoms. The Morgan fingerprint density at radius 3 is 2.45 bits per heavy atom. The first-order chi connectivity index (χ1) is 9.71. The topological polar surface area (TPSA) is 63.0 Å². The van der Waals surface area contributed by atoms with Gasteiger partial charge in [0, 0.05) is 19.0 Å². The third-order valence-electron chi connectivity index (χ3n) is 2.84. The monoisotopic (exact) mass is 274 g/mol. The van der Waals surface area contributed by atoms with Gasteiger partial charge in [-0.15, -0.1) is 0 Å². The third-order valence-corrected chi connectivity index (χ3v) is 2.84. The Bertz CT molecular complexity index is 526. The first-order valence-corrected chi connectivity index (χ1v) is 7.12. The van der Waals surface area contributed by atoms with Crippen LogP contribution in [0.5, 0.6) is 0 Å². The molecule has 0 aliphatic rings. The van der Waals surface area contributed by atoms with Gasteiger partial charge in [0.15, 0.2) is 0 Å². The van der Waals surface area contributed by atoms with E-state index in [0.717, 1.165) is 48.4 Å². The molecule has 20 heavy (non-hydrogen) atoms. The number of nitrogens with one attached hydrogen (secondary N) is 2. The summed E-state index contributed by atoms with van der Waals surface area (Å²) in [5, 5.41) is 6.52. The summed E-state index contributed by atoms with van der Waals surface area (Å²) in [6, 6.07) is 5.86. The Balaban J connectivity index is 2.08. The molecule has 0 aliphatic carbocycles. The van der Waals surface area contributed by atoms with E-state index in [9.17, 15) is 0 Å². The summed E-state index contributed by atoms with van der Waals surface area (Å²) in [4.78, 5) is 9.01. The lowest BCUT2D eigenvalue weighted by atomic mass is 10.3. The smallest absolute Gasteiger partial charge is 0.133 e. The van der Waals surface area contributed by atoms with E-state index in [-0.39, 0.29) is 0 Å². The van der Waals surface area contributed by atoms with Crippen molar-refractivity contribution in [3.8, 4) is 0 Å². The molecule has 0 atom stereocenters. The van der Waals surface area contributed by atoms with Crippen molar-refractivity contribution in [2.45, 2.75) is 40.2 Å². The van der Waals surface area contributed by atoms with Gasteiger partial charge in [0.2, 0.25) is 0 Å². The van der Waals surface area contributed by atoms with Crippen LogP contribution in [0.3, 0.4) is 0 Å². The van der Waals surface area contributed by atoms with Gasteiger partial charge in [0.05, 0.1) is 6.54 Å². The maximum Gasteiger partial charge on any atom is 0.133 e. The maximum atomic E-state index is 5.54. The van der Waals surface area contributed by atoms with Crippen molar-refractivity contribution >= 4 is 11.6 Å². The molecule has 2 heterocycles. The fourth-order valence-corrected chi connectivity index (χ4v) is 1.95. The third kappa shape index (κ3) is 3.98. The van der Waals surface area contributed by atoms with Crippen molar-refractivity contribution in [2.75, 3.05) is 17.2 Å². The van der Waals surface area contributed by atoms with Gasteiger partial charge in [0.25, 0.3) is 0 Å². The summed E-state index contributed by atoms with van der Waals surface area (Å²) in [6.45, 7) is 7.60. The minimum absolute atomic E-state index is 0.627. The second kappa shape index (κ2) is 6.93. The van der Waals surface area contributed by atoms with Crippen LogP contribution in [0.25, 0.3) is 0 Å². The molecule has 0 aromatic carbocycles. The van der Waals surface area contributed by atoms with Gasteiger partial charge in [-0.05, 0) is 32.4 Å². The summed E-state index contributed by atoms with van der Waals surface area (Å²) in [7, 11) is 0. The number of hydrogen-bond acceptors (Lipinski definition) is 5. The van der Waals surface area contributed by atoms with Crippen molar-refractivity contribution in [1.82, 2.24) is 9.97 Å². The van der Waals surface area contributed by atoms with Gasteiger partial charge in [-0.2, -0.15) is 0 Å². The van der Waals surface area contributed by atoms with E-state index in [1.807, 2.05) is 25.1 Å². The second-order valence-corrected chi connectivity index (χ2v) is 4.70. The van der Waals surface area contributed by atoms with Crippen molar-refractivity contribution in [2.24, 2.45) is 0 Å². The van der Waals surface area contributed by atoms with Gasteiger partial charge in [0.1, 0.15) is 29.0 Å². The van der Waals surface area contributed by atoms with E-state index < -0.39 is 0 Å². The number of furan rings is 1. The van der Waals surface area contributed by atoms with Gasteiger partial charge in [-0.1, -0.05) is 6.92 Å². The molecule has 5 heteroatoms. The van der Waals surface area contributed by atoms with Crippen LogP contribution in [-0.2, 0) is 13.0 Å². The first kappa shape index (κ1) is 14.4. The standard InChI is InChI=1S/C15H22N4O/c1-4-6-13-18-14(16-5-2)9-15(19-13)17-10-12-8-7-11(3)20-12/h7-9H,4-6,10H2,1-3H3,(H2,16,17,18,19). The predicted octanol–water partition coefficient (Wildman–Crippen LogP) is 3.37. The Morgan fingerprint density at radius 1 is 1.10 bits per heavy atom. The molecule has 0 amide bonds. The largest absolute Gasteiger partial charge is 0.465 e. The summed E-state index contributed by atoms with van der Waals surface area (Å²) >= 11 is 0. The number of aromatic nitrogens is 2. The summed E-state index contributed by atoms with van der Waals surface area (Å²) in [5.41, 5.74) is 0. The molecule has 108 valence electrons. The lowest BCUT2D eigenvalue weighted by Gasteiger charge is -2.09. The zero-order valence-corrected chi connectivity index (χ0v) is 12.4. The lowest BCUT2D eigenvalue weighted by Crippen LogP contribution is -2.08. The molecule has 0 aliphatic heterocycles. The van der Waals surface area contributed by atoms with E-state index in [1.165, 1.54) is 0 Å². The molecule has 0 fully saturated rings. The van der Waals surface area contributed by atoms with Gasteiger partial charge in [-0.25, -0.2) is 9.97 Å². The van der Waals surface area contributed by atoms with Crippen molar-refractivity contribution in [3.05, 3.63) is 35.5 Å². The molecule has 2 N–H and O–H groups in total. The Labute approximate surface area is 119 Å². The molecule has 0 saturated carbocycles. The van der Waals surface area contributed by atoms with Crippen molar-refractivity contribution in [1.29, 1.82) is 0 Å². The SMILES string of the molecule is CCCc1nc(NCC)cc(NCc2ccc(C)o2)n1. The van der Waals surface area contributed by atoms with Crippen LogP contribution in [0.2, 0.25) is 0 Å². The zero-order chi connectivity index (χ0) is 14.4. The fourth-order valence-electron chi connectivity index (χ4n) is 1.95. The molecular formula is C15H22N4O. The van der Waals surface area contributed by atoms with Crippen LogP contribution in [0.1, 0.15) is 37.6 Å². The summed E-state index contributed by atoms with van der Waals surface area (Å²) in [6.07, 6.45) is 1.92. The number of hydrogen-bond donors (Lipinski definition) is 2. The van der Waals surface area contributed by atoms with E-state index in [0.29, 0.717) is 6.54 Å². The van der Waals surface area contributed by atoms with Crippen LogP contribution in [0.4, 0.5) is 11.6 Å². The van der Waals surface area contributed by atoms with Crippen LogP contribution >= 0.6 is 0 Å². The highest BCUT2D eigenvalue weighted by Crippen LogP contribution is 2.14. The summed E-state index contributed by atoms with van der Waals surface area (Å²) in [5.74, 6) is 4.38. The van der Waals surface area contributed by atoms with Gasteiger partial charge >= 0.3 is 0 Å². The fraction of sp³-hybridized carbons (Fsp3) is 0.467. The quantitative estimate of drug-likeness (QED) is 0.810. The van der Waals surface area contributed by atoms with E-state index in [2.05, 4.69) is 34.4 Å². The highest BCUT2D eigenvalue weighted by molar-refractivity contribution is 5.47. The minimum Gasteiger partial charge on any atom is -0.465 e. The highest BCUT2D eigenvalue weighted by Gasteiger charge is 2.05. The molecule has 0 radical (unpaired) electrons. The van der Waals surface area contributed by atoms with Crippen LogP contribution in [-0.4, -0.2) is 16.5 Å². The van der Waals surface area contributed by atoms with Crippen molar-refractivity contribution in [3.63, 3.8) is 0 Å². The molecular weight excluding hydrogens is 252 g/mol. The Hall–Kier alpha value is -2.04. The van der Waals surface area contributed by atoms with E-state index in [4.69, 9.17) is 4.42 Å². The summed E-state index contributed by atoms with van der Waals surface area (Å²) < 4.78 is 5.54. The average molecular weight is 274 g/mol. The Kier molecular flexibility index (Phi) is 4.98. The van der Waals surface area contributed by atoms with Crippen LogP contribution in [0, 0.1) is 6.92 Å². The molecule has 0 saturated heterocycles. The molecule has 2 aromatic heterocycles. The number of aryl methyl sites for hydroxylation is 2. The molecule has 0 spiro atoms. The number of rotatable bonds is 7. The van der Waals surface area contributed by atoms with E-state index in [1.54, 1.807) is 0 Å². The minimum atomic E-state index is 0.627. The molecule has 0 unspecified atom stereocenters. The zero-order valence-electron chi connectivity index (χ0n) is 12.4. The highest BCUT2D eigenvalue weighted by atomic mass is 16.3. The second-order valence-electron chi connectivity index (χ2n) is 4.70. The van der Waals surface area contributed by atoms with Crippen molar-refractivity contribution < 1.29 is 4.42 Å². The van der Waals surface area contributed by atoms with Gasteiger partial charge < -0.3 is 15.1 Å². The average Bonchev–Trinajstić information content (AvgIpc) is 2.83. The molecule has 5 nitrogen and oxygen atoms in total. The number of anilines is 2. The van der Waals surface area contributed by atoms with E-state index >= 15 is 0 Å². The molecule has 2 rings (SSSR count). The number of nitrogens with zero attached hydrogens (tertiary/aromatic N) is 2. The maximum absolute atomic E-state index is 5.54. The molecule has 2 aromatic rings.